The van der Waals surface area contributed by atoms with Crippen molar-refractivity contribution in [1.29, 1.82) is 5.26 Å². The molecule has 27 heavy (non-hydrogen) atoms. The highest BCUT2D eigenvalue weighted by atomic mass is 16.7. The fraction of sp³-hybridized carbons (Fsp3) is 0.706. The second kappa shape index (κ2) is 10.5. The first-order valence-corrected chi connectivity index (χ1v) is 8.33. The van der Waals surface area contributed by atoms with Crippen molar-refractivity contribution in [1.82, 2.24) is 0 Å². The van der Waals surface area contributed by atoms with Crippen molar-refractivity contribution in [3.8, 4) is 6.07 Å². The van der Waals surface area contributed by atoms with Crippen LogP contribution in [0.5, 0.6) is 0 Å². The van der Waals surface area contributed by atoms with Crippen LogP contribution in [0.1, 0.15) is 40.5 Å². The second-order valence-electron chi connectivity index (χ2n) is 5.93. The molecular weight excluding hydrogens is 362 g/mol. The van der Waals surface area contributed by atoms with Crippen molar-refractivity contribution in [3.63, 3.8) is 0 Å². The van der Waals surface area contributed by atoms with Gasteiger partial charge in [-0.3, -0.25) is 19.2 Å². The first-order valence-electron chi connectivity index (χ1n) is 8.33. The lowest BCUT2D eigenvalue weighted by Gasteiger charge is -2.44. The molecule has 0 aromatic carbocycles. The third-order valence-electron chi connectivity index (χ3n) is 3.63. The van der Waals surface area contributed by atoms with Crippen molar-refractivity contribution in [2.75, 3.05) is 6.61 Å². The molecule has 10 heteroatoms. The average molecular weight is 385 g/mol. The van der Waals surface area contributed by atoms with Crippen molar-refractivity contribution >= 4 is 23.9 Å². The van der Waals surface area contributed by atoms with Gasteiger partial charge in [-0.2, -0.15) is 5.26 Å². The largest absolute Gasteiger partial charge is 0.463 e. The molecule has 1 aliphatic heterocycles. The lowest BCUT2D eigenvalue weighted by molar-refractivity contribution is -0.253. The highest BCUT2D eigenvalue weighted by molar-refractivity contribution is 5.68. The van der Waals surface area contributed by atoms with Crippen LogP contribution in [0.3, 0.4) is 0 Å². The van der Waals surface area contributed by atoms with E-state index in [2.05, 4.69) is 0 Å². The summed E-state index contributed by atoms with van der Waals surface area (Å²) in [6.07, 6.45) is -5.02. The Morgan fingerprint density at radius 2 is 1.30 bits per heavy atom. The van der Waals surface area contributed by atoms with E-state index in [0.29, 0.717) is 0 Å². The monoisotopic (exact) mass is 385 g/mol. The van der Waals surface area contributed by atoms with Crippen molar-refractivity contribution in [2.24, 2.45) is 0 Å². The van der Waals surface area contributed by atoms with Crippen LogP contribution < -0.4 is 0 Å². The highest BCUT2D eigenvalue weighted by Crippen LogP contribution is 2.31. The zero-order chi connectivity index (χ0) is 20.6. The summed E-state index contributed by atoms with van der Waals surface area (Å²) < 4.78 is 26.5. The summed E-state index contributed by atoms with van der Waals surface area (Å²) in [5.41, 5.74) is 0. The molecule has 1 fully saturated rings. The van der Waals surface area contributed by atoms with Crippen LogP contribution in [0.4, 0.5) is 0 Å². The zero-order valence-corrected chi connectivity index (χ0v) is 15.6. The van der Waals surface area contributed by atoms with E-state index in [4.69, 9.17) is 28.9 Å². The summed E-state index contributed by atoms with van der Waals surface area (Å²) in [5.74, 6) is -2.63. The molecule has 150 valence electrons. The molecule has 0 N–H and O–H groups in total. The molecule has 5 atom stereocenters. The summed E-state index contributed by atoms with van der Waals surface area (Å²) in [5, 5.41) is 8.85. The molecule has 0 aliphatic carbocycles. The number of carbonyl (C=O) groups excluding carboxylic acids is 4. The van der Waals surface area contributed by atoms with E-state index < -0.39 is 54.4 Å². The Morgan fingerprint density at radius 3 is 1.74 bits per heavy atom. The molecule has 0 unspecified atom stereocenters. The van der Waals surface area contributed by atoms with E-state index in [9.17, 15) is 19.2 Å². The maximum atomic E-state index is 11.6. The van der Waals surface area contributed by atoms with Gasteiger partial charge in [0, 0.05) is 34.1 Å². The van der Waals surface area contributed by atoms with Crippen molar-refractivity contribution in [2.45, 2.75) is 71.1 Å². The summed E-state index contributed by atoms with van der Waals surface area (Å²) >= 11 is 0. The van der Waals surface area contributed by atoms with Gasteiger partial charge >= 0.3 is 23.9 Å². The predicted octanol–water partition coefficient (Wildman–Crippen LogP) is 0.416. The first-order chi connectivity index (χ1) is 12.6. The summed E-state index contributed by atoms with van der Waals surface area (Å²) in [6.45, 7) is 4.38. The van der Waals surface area contributed by atoms with Crippen LogP contribution in [0.25, 0.3) is 0 Å². The molecule has 10 nitrogen and oxygen atoms in total. The van der Waals surface area contributed by atoms with Crippen molar-refractivity contribution < 1.29 is 42.9 Å². The first kappa shape index (κ1) is 22.4. The number of ether oxygens (including phenoxy) is 5. The number of hydrogen-bond donors (Lipinski definition) is 0. The Bertz CT molecular complexity index is 612. The van der Waals surface area contributed by atoms with E-state index >= 15 is 0 Å². The maximum Gasteiger partial charge on any atom is 0.303 e. The standard InChI is InChI=1S/C17H23NO9/c1-9(19)23-8-14-16(25-11(3)21)17(26-12(4)22)15(24-10(2)20)13(27-14)6-5-7-18/h13-17H,5-6,8H2,1-4H3/t13-,14+,15+,16-,17+/m0/s1. The highest BCUT2D eigenvalue weighted by Gasteiger charge is 2.51. The molecule has 0 aromatic rings. The van der Waals surface area contributed by atoms with E-state index in [1.807, 2.05) is 6.07 Å². The van der Waals surface area contributed by atoms with Crippen LogP contribution in [-0.2, 0) is 42.9 Å². The molecule has 0 bridgehead atoms. The van der Waals surface area contributed by atoms with E-state index in [1.165, 1.54) is 6.92 Å². The van der Waals surface area contributed by atoms with Gasteiger partial charge in [0.2, 0.25) is 0 Å². The minimum atomic E-state index is -1.19. The van der Waals surface area contributed by atoms with E-state index in [0.717, 1.165) is 20.8 Å². The summed E-state index contributed by atoms with van der Waals surface area (Å²) in [7, 11) is 0. The lowest BCUT2D eigenvalue weighted by Crippen LogP contribution is -2.62. The number of nitrogens with zero attached hydrogens (tertiary/aromatic N) is 1. The van der Waals surface area contributed by atoms with Gasteiger partial charge in [-0.25, -0.2) is 0 Å². The van der Waals surface area contributed by atoms with Gasteiger partial charge in [-0.1, -0.05) is 0 Å². The SMILES string of the molecule is CC(=O)OC[C@H]1O[C@@H](CCC#N)[C@@H](OC(C)=O)[C@@H](OC(C)=O)[C@H]1OC(C)=O. The quantitative estimate of drug-likeness (QED) is 0.447. The fourth-order valence-electron chi connectivity index (χ4n) is 2.76. The third-order valence-corrected chi connectivity index (χ3v) is 3.63. The minimum Gasteiger partial charge on any atom is -0.463 e. The van der Waals surface area contributed by atoms with Gasteiger partial charge in [0.05, 0.1) is 6.07 Å². The molecule has 1 rings (SSSR count). The Hall–Kier alpha value is -2.67. The van der Waals surface area contributed by atoms with Gasteiger partial charge in [0.1, 0.15) is 18.8 Å². The Labute approximate surface area is 156 Å². The van der Waals surface area contributed by atoms with Crippen molar-refractivity contribution in [3.05, 3.63) is 0 Å². The molecule has 0 radical (unpaired) electrons. The van der Waals surface area contributed by atoms with Gasteiger partial charge < -0.3 is 23.7 Å². The third kappa shape index (κ3) is 7.22. The Morgan fingerprint density at radius 1 is 0.815 bits per heavy atom. The van der Waals surface area contributed by atoms with E-state index in [-0.39, 0.29) is 19.4 Å². The van der Waals surface area contributed by atoms with Crippen LogP contribution in [-0.4, -0.2) is 61.0 Å². The number of hydrogen-bond acceptors (Lipinski definition) is 10. The molecule has 0 saturated carbocycles. The summed E-state index contributed by atoms with van der Waals surface area (Å²) in [4.78, 5) is 45.8. The Balaban J connectivity index is 3.25. The van der Waals surface area contributed by atoms with Crippen LogP contribution in [0, 0.1) is 11.3 Å². The smallest absolute Gasteiger partial charge is 0.303 e. The van der Waals surface area contributed by atoms with E-state index in [1.54, 1.807) is 0 Å². The summed E-state index contributed by atoms with van der Waals surface area (Å²) in [6, 6.07) is 1.95. The molecule has 1 heterocycles. The lowest BCUT2D eigenvalue weighted by atomic mass is 9.92. The molecular formula is C17H23NO9. The fourth-order valence-corrected chi connectivity index (χ4v) is 2.76. The minimum absolute atomic E-state index is 0.0771. The maximum absolute atomic E-state index is 11.6. The number of rotatable bonds is 7. The van der Waals surface area contributed by atoms with Gasteiger partial charge in [0.25, 0.3) is 0 Å². The topological polar surface area (TPSA) is 138 Å². The molecule has 1 saturated heterocycles. The normalized spacial score (nSPS) is 27.0. The molecule has 1 aliphatic rings. The second-order valence-corrected chi connectivity index (χ2v) is 5.93. The average Bonchev–Trinajstić information content (AvgIpc) is 2.54. The van der Waals surface area contributed by atoms with Gasteiger partial charge in [0.15, 0.2) is 18.3 Å². The van der Waals surface area contributed by atoms with Crippen LogP contribution >= 0.6 is 0 Å². The van der Waals surface area contributed by atoms with Gasteiger partial charge in [-0.15, -0.1) is 0 Å². The number of esters is 4. The Kier molecular flexibility index (Phi) is 8.68. The number of nitriles is 1. The molecule has 0 spiro atoms. The predicted molar refractivity (Wildman–Crippen MR) is 86.8 cm³/mol. The number of carbonyl (C=O) groups is 4. The van der Waals surface area contributed by atoms with Gasteiger partial charge in [-0.05, 0) is 6.42 Å². The van der Waals surface area contributed by atoms with Crippen LogP contribution in [0.2, 0.25) is 0 Å². The molecule has 0 amide bonds. The zero-order valence-electron chi connectivity index (χ0n) is 15.6. The molecule has 0 aromatic heterocycles. The van der Waals surface area contributed by atoms with Crippen LogP contribution in [0.15, 0.2) is 0 Å².